The summed E-state index contributed by atoms with van der Waals surface area (Å²) in [7, 11) is 0. The summed E-state index contributed by atoms with van der Waals surface area (Å²) in [4.78, 5) is 26.7. The molecule has 6 nitrogen and oxygen atoms in total. The highest BCUT2D eigenvalue weighted by molar-refractivity contribution is 5.84. The van der Waals surface area contributed by atoms with Gasteiger partial charge in [-0.1, -0.05) is 30.4 Å². The van der Waals surface area contributed by atoms with Crippen molar-refractivity contribution >= 4 is 11.8 Å². The first-order chi connectivity index (χ1) is 12.5. The molecule has 0 radical (unpaired) electrons. The van der Waals surface area contributed by atoms with Gasteiger partial charge in [0.1, 0.15) is 11.9 Å². The number of nitrogens with zero attached hydrogens (tertiary/aromatic N) is 1. The molecule has 4 atom stereocenters. The molecule has 6 heteroatoms. The quantitative estimate of drug-likeness (QED) is 0.462. The van der Waals surface area contributed by atoms with Crippen molar-refractivity contribution in [1.82, 2.24) is 4.98 Å². The fourth-order valence-electron chi connectivity index (χ4n) is 3.14. The van der Waals surface area contributed by atoms with Crippen LogP contribution in [0, 0.1) is 11.8 Å². The third-order valence-corrected chi connectivity index (χ3v) is 4.56. The fourth-order valence-corrected chi connectivity index (χ4v) is 3.14. The summed E-state index contributed by atoms with van der Waals surface area (Å²) in [5.41, 5.74) is 0.512. The predicted molar refractivity (Wildman–Crippen MR) is 96.2 cm³/mol. The number of carbonyl (C=O) groups excluding carboxylic acids is 1. The minimum atomic E-state index is -0.883. The molecule has 1 saturated carbocycles. The van der Waals surface area contributed by atoms with E-state index in [0.717, 1.165) is 0 Å². The van der Waals surface area contributed by atoms with E-state index in [0.29, 0.717) is 25.0 Å². The van der Waals surface area contributed by atoms with Crippen LogP contribution in [0.2, 0.25) is 0 Å². The Morgan fingerprint density at radius 3 is 2.85 bits per heavy atom. The highest BCUT2D eigenvalue weighted by Crippen LogP contribution is 2.33. The summed E-state index contributed by atoms with van der Waals surface area (Å²) in [5, 5.41) is 28.9. The normalized spacial score (nSPS) is 24.5. The molecule has 1 fully saturated rings. The lowest BCUT2D eigenvalue weighted by Gasteiger charge is -2.16. The molecule has 0 spiro atoms. The average molecular weight is 359 g/mol. The van der Waals surface area contributed by atoms with Gasteiger partial charge in [0.05, 0.1) is 11.8 Å². The molecule has 2 rings (SSSR count). The molecule has 0 amide bonds. The maximum atomic E-state index is 12.1. The Balaban J connectivity index is 1.92. The van der Waals surface area contributed by atoms with Crippen molar-refractivity contribution in [1.29, 1.82) is 0 Å². The highest BCUT2D eigenvalue weighted by atomic mass is 16.4. The van der Waals surface area contributed by atoms with Crippen LogP contribution in [0.1, 0.15) is 43.9 Å². The Hall–Kier alpha value is -2.31. The summed E-state index contributed by atoms with van der Waals surface area (Å²) in [6, 6.07) is 5.26. The molecule has 0 aliphatic heterocycles. The Labute approximate surface area is 152 Å². The van der Waals surface area contributed by atoms with Crippen molar-refractivity contribution in [2.75, 3.05) is 0 Å². The largest absolute Gasteiger partial charge is 0.481 e. The van der Waals surface area contributed by atoms with E-state index < -0.39 is 18.2 Å². The van der Waals surface area contributed by atoms with E-state index in [9.17, 15) is 19.8 Å². The number of carboxylic acids is 1. The molecule has 0 saturated heterocycles. The van der Waals surface area contributed by atoms with Crippen LogP contribution in [0.25, 0.3) is 0 Å². The topological polar surface area (TPSA) is 108 Å². The number of ketones is 1. The van der Waals surface area contributed by atoms with Crippen LogP contribution in [-0.2, 0) is 9.59 Å². The second-order valence-electron chi connectivity index (χ2n) is 6.50. The van der Waals surface area contributed by atoms with Gasteiger partial charge in [0.15, 0.2) is 0 Å². The zero-order chi connectivity index (χ0) is 18.9. The monoisotopic (exact) mass is 359 g/mol. The first kappa shape index (κ1) is 20.0. The van der Waals surface area contributed by atoms with E-state index >= 15 is 0 Å². The van der Waals surface area contributed by atoms with Gasteiger partial charge in [0.2, 0.25) is 0 Å². The molecule has 1 heterocycles. The standard InChI is InChI=1S/C20H25NO5/c22-17(16-8-5-6-12-21-16)11-10-15-14(18(23)13-19(15)24)7-3-1-2-4-9-20(25)26/h1,3,5-6,8,10-12,14-15,17,19,22,24H,2,4,7,9,13H2,(H,25,26)/t14-,15-,17?,19-/m1/s1. The van der Waals surface area contributed by atoms with Crippen molar-refractivity contribution in [3.05, 3.63) is 54.4 Å². The number of Topliss-reactive ketones (excluding diaryl/α,β-unsaturated/α-hetero) is 1. The smallest absolute Gasteiger partial charge is 0.303 e. The lowest BCUT2D eigenvalue weighted by molar-refractivity contribution is -0.137. The van der Waals surface area contributed by atoms with Gasteiger partial charge in [0.25, 0.3) is 0 Å². The number of pyridine rings is 1. The van der Waals surface area contributed by atoms with E-state index in [1.807, 2.05) is 12.2 Å². The number of hydrogen-bond acceptors (Lipinski definition) is 5. The lowest BCUT2D eigenvalue weighted by Crippen LogP contribution is -2.18. The SMILES string of the molecule is O=C(O)CCCC=CC[C@H]1C(=O)C[C@@H](O)[C@@H]1C=CC(O)c1ccccn1. The number of hydrogen-bond donors (Lipinski definition) is 3. The molecule has 1 aromatic rings. The molecule has 26 heavy (non-hydrogen) atoms. The third-order valence-electron chi connectivity index (χ3n) is 4.56. The number of aliphatic hydroxyl groups is 2. The molecule has 1 aliphatic carbocycles. The Bertz CT molecular complexity index is 655. The summed E-state index contributed by atoms with van der Waals surface area (Å²) in [6.07, 6.45) is 8.94. The Morgan fingerprint density at radius 1 is 1.35 bits per heavy atom. The summed E-state index contributed by atoms with van der Waals surface area (Å²) < 4.78 is 0. The summed E-state index contributed by atoms with van der Waals surface area (Å²) in [5.74, 6) is -1.48. The minimum Gasteiger partial charge on any atom is -0.481 e. The second kappa shape index (κ2) is 9.99. The maximum absolute atomic E-state index is 12.1. The van der Waals surface area contributed by atoms with Crippen LogP contribution in [0.3, 0.4) is 0 Å². The predicted octanol–water partition coefficient (Wildman–Crippen LogP) is 2.44. The van der Waals surface area contributed by atoms with Gasteiger partial charge < -0.3 is 15.3 Å². The van der Waals surface area contributed by atoms with Gasteiger partial charge >= 0.3 is 5.97 Å². The number of carboxylic acid groups (broad SMARTS) is 1. The van der Waals surface area contributed by atoms with Crippen LogP contribution >= 0.6 is 0 Å². The van der Waals surface area contributed by atoms with Gasteiger partial charge in [-0.15, -0.1) is 0 Å². The molecular formula is C20H25NO5. The number of aromatic nitrogens is 1. The molecular weight excluding hydrogens is 334 g/mol. The van der Waals surface area contributed by atoms with Crippen LogP contribution in [-0.4, -0.2) is 38.2 Å². The Morgan fingerprint density at radius 2 is 2.15 bits per heavy atom. The highest BCUT2D eigenvalue weighted by Gasteiger charge is 2.39. The molecule has 0 bridgehead atoms. The zero-order valence-corrected chi connectivity index (χ0v) is 14.6. The van der Waals surface area contributed by atoms with Crippen LogP contribution in [0.4, 0.5) is 0 Å². The average Bonchev–Trinajstić information content (AvgIpc) is 2.89. The molecule has 1 aromatic heterocycles. The number of allylic oxidation sites excluding steroid dienone is 2. The van der Waals surface area contributed by atoms with Gasteiger partial charge in [-0.2, -0.15) is 0 Å². The number of unbranched alkanes of at least 4 members (excludes halogenated alkanes) is 1. The minimum absolute atomic E-state index is 0.00895. The summed E-state index contributed by atoms with van der Waals surface area (Å²) >= 11 is 0. The van der Waals surface area contributed by atoms with Crippen molar-refractivity contribution < 1.29 is 24.9 Å². The Kier molecular flexibility index (Phi) is 7.69. The van der Waals surface area contributed by atoms with Crippen LogP contribution in [0.5, 0.6) is 0 Å². The van der Waals surface area contributed by atoms with E-state index in [2.05, 4.69) is 4.98 Å². The van der Waals surface area contributed by atoms with Gasteiger partial charge in [-0.25, -0.2) is 0 Å². The first-order valence-electron chi connectivity index (χ1n) is 8.84. The molecule has 140 valence electrons. The van der Waals surface area contributed by atoms with Gasteiger partial charge in [-0.3, -0.25) is 14.6 Å². The molecule has 3 N–H and O–H groups in total. The third kappa shape index (κ3) is 5.89. The van der Waals surface area contributed by atoms with Crippen molar-refractivity contribution in [3.63, 3.8) is 0 Å². The van der Waals surface area contributed by atoms with E-state index in [1.54, 1.807) is 36.5 Å². The van der Waals surface area contributed by atoms with Crippen LogP contribution in [0.15, 0.2) is 48.7 Å². The van der Waals surface area contributed by atoms with E-state index in [-0.39, 0.29) is 30.5 Å². The van der Waals surface area contributed by atoms with E-state index in [4.69, 9.17) is 5.11 Å². The number of rotatable bonds is 9. The van der Waals surface area contributed by atoms with Crippen molar-refractivity contribution in [3.8, 4) is 0 Å². The maximum Gasteiger partial charge on any atom is 0.303 e. The lowest BCUT2D eigenvalue weighted by atomic mass is 9.90. The second-order valence-corrected chi connectivity index (χ2v) is 6.50. The number of aliphatic hydroxyl groups excluding tert-OH is 2. The molecule has 1 aliphatic rings. The van der Waals surface area contributed by atoms with E-state index in [1.165, 1.54) is 0 Å². The fraction of sp³-hybridized carbons (Fsp3) is 0.450. The van der Waals surface area contributed by atoms with Gasteiger partial charge in [0, 0.05) is 30.9 Å². The van der Waals surface area contributed by atoms with Crippen molar-refractivity contribution in [2.45, 2.75) is 44.3 Å². The number of carbonyl (C=O) groups is 2. The van der Waals surface area contributed by atoms with Crippen molar-refractivity contribution in [2.24, 2.45) is 11.8 Å². The number of aliphatic carboxylic acids is 1. The summed E-state index contributed by atoms with van der Waals surface area (Å²) in [6.45, 7) is 0. The van der Waals surface area contributed by atoms with Gasteiger partial charge in [-0.05, 0) is 31.4 Å². The zero-order valence-electron chi connectivity index (χ0n) is 14.6. The first-order valence-corrected chi connectivity index (χ1v) is 8.84. The molecule has 1 unspecified atom stereocenters. The van der Waals surface area contributed by atoms with Crippen LogP contribution < -0.4 is 0 Å². The molecule has 0 aromatic carbocycles.